The molecule has 7 nitrogen and oxygen atoms in total. The number of aryl methyl sites for hydroxylation is 1. The van der Waals surface area contributed by atoms with Gasteiger partial charge >= 0.3 is 0 Å². The minimum absolute atomic E-state index is 0.270. The Kier molecular flexibility index (Phi) is 5.35. The fourth-order valence-electron chi connectivity index (χ4n) is 4.39. The smallest absolute Gasteiger partial charge is 0.256 e. The van der Waals surface area contributed by atoms with Crippen LogP contribution in [0.4, 0.5) is 15.8 Å². The van der Waals surface area contributed by atoms with Gasteiger partial charge in [0.15, 0.2) is 5.65 Å². The van der Waals surface area contributed by atoms with Crippen LogP contribution in [0.15, 0.2) is 24.3 Å². The van der Waals surface area contributed by atoms with Gasteiger partial charge in [-0.15, -0.1) is 0 Å². The topological polar surface area (TPSA) is 72.3 Å². The van der Waals surface area contributed by atoms with Crippen molar-refractivity contribution in [2.75, 3.05) is 36.5 Å². The number of hydrogen-bond donors (Lipinski definition) is 1. The molecule has 1 N–H and O–H groups in total. The predicted molar refractivity (Wildman–Crippen MR) is 127 cm³/mol. The molecule has 0 spiro atoms. The third-order valence-corrected chi connectivity index (χ3v) is 6.27. The van der Waals surface area contributed by atoms with Gasteiger partial charge in [-0.3, -0.25) is 4.79 Å². The van der Waals surface area contributed by atoms with Crippen molar-refractivity contribution >= 4 is 28.3 Å². The summed E-state index contributed by atoms with van der Waals surface area (Å²) >= 11 is 0. The highest BCUT2D eigenvalue weighted by atomic mass is 19.1. The highest BCUT2D eigenvalue weighted by Crippen LogP contribution is 2.41. The van der Waals surface area contributed by atoms with E-state index in [9.17, 15) is 9.18 Å². The Morgan fingerprint density at radius 1 is 1.18 bits per heavy atom. The van der Waals surface area contributed by atoms with Gasteiger partial charge in [0.1, 0.15) is 5.82 Å². The van der Waals surface area contributed by atoms with Gasteiger partial charge in [-0.05, 0) is 64.8 Å². The van der Waals surface area contributed by atoms with Crippen LogP contribution in [0, 0.1) is 12.7 Å². The molecule has 0 atom stereocenters. The second kappa shape index (κ2) is 8.09. The zero-order chi connectivity index (χ0) is 23.3. The Hall–Kier alpha value is -3.00. The third-order valence-electron chi connectivity index (χ3n) is 6.27. The van der Waals surface area contributed by atoms with Crippen molar-refractivity contribution in [1.82, 2.24) is 14.8 Å². The Bertz CT molecular complexity index is 1220. The minimum atomic E-state index is -0.357. The minimum Gasteiger partial charge on any atom is -0.378 e. The first-order valence-electron chi connectivity index (χ1n) is 11.6. The monoisotopic (exact) mass is 451 g/mol. The predicted octanol–water partition coefficient (Wildman–Crippen LogP) is 4.60. The Morgan fingerprint density at radius 3 is 2.55 bits per heavy atom. The summed E-state index contributed by atoms with van der Waals surface area (Å²) in [6, 6.07) is 6.73. The van der Waals surface area contributed by atoms with Crippen molar-refractivity contribution in [3.8, 4) is 0 Å². The first-order chi connectivity index (χ1) is 15.7. The van der Waals surface area contributed by atoms with Gasteiger partial charge in [0.2, 0.25) is 0 Å². The lowest BCUT2D eigenvalue weighted by atomic mass is 10.1. The molecule has 1 amide bonds. The molecule has 0 radical (unpaired) electrons. The zero-order valence-corrected chi connectivity index (χ0v) is 19.6. The number of benzene rings is 1. The summed E-state index contributed by atoms with van der Waals surface area (Å²) in [7, 11) is 0. The number of carbonyl (C=O) groups is 1. The number of amides is 1. The molecule has 1 aliphatic carbocycles. The van der Waals surface area contributed by atoms with Gasteiger partial charge in [-0.2, -0.15) is 5.10 Å². The molecule has 3 heterocycles. The molecule has 1 saturated carbocycles. The molecule has 3 aromatic rings. The SMILES string of the molecule is Cc1nn(C(C)(C)C)c2nc(C3CC3)cc(C(=O)Nc3ccc(N4CCOCC4)c(F)c3)c12. The van der Waals surface area contributed by atoms with Gasteiger partial charge in [0.25, 0.3) is 5.91 Å². The van der Waals surface area contributed by atoms with E-state index in [2.05, 4.69) is 26.1 Å². The number of nitrogens with zero attached hydrogens (tertiary/aromatic N) is 4. The summed E-state index contributed by atoms with van der Waals surface area (Å²) in [4.78, 5) is 20.3. The third kappa shape index (κ3) is 4.19. The average molecular weight is 452 g/mol. The number of carbonyl (C=O) groups excluding carboxylic acids is 1. The Balaban J connectivity index is 1.49. The molecule has 2 aromatic heterocycles. The molecular weight excluding hydrogens is 421 g/mol. The fraction of sp³-hybridized carbons (Fsp3) is 0.480. The van der Waals surface area contributed by atoms with Gasteiger partial charge in [-0.25, -0.2) is 14.1 Å². The lowest BCUT2D eigenvalue weighted by molar-refractivity contribution is 0.102. The number of fused-ring (bicyclic) bond motifs is 1. The number of ether oxygens (including phenoxy) is 1. The summed E-state index contributed by atoms with van der Waals surface area (Å²) in [5.41, 5.74) is 3.62. The van der Waals surface area contributed by atoms with Crippen molar-refractivity contribution in [2.45, 2.75) is 52.0 Å². The molecule has 2 fully saturated rings. The summed E-state index contributed by atoms with van der Waals surface area (Å²) in [5, 5.41) is 8.35. The van der Waals surface area contributed by atoms with E-state index in [4.69, 9.17) is 14.8 Å². The molecule has 1 aliphatic heterocycles. The molecule has 33 heavy (non-hydrogen) atoms. The second-order valence-electron chi connectivity index (χ2n) is 9.96. The maximum atomic E-state index is 14.9. The van der Waals surface area contributed by atoms with Crippen molar-refractivity contribution < 1.29 is 13.9 Å². The van der Waals surface area contributed by atoms with E-state index in [1.807, 2.05) is 22.6 Å². The van der Waals surface area contributed by atoms with E-state index < -0.39 is 0 Å². The number of anilines is 2. The molecule has 8 heteroatoms. The fourth-order valence-corrected chi connectivity index (χ4v) is 4.39. The van der Waals surface area contributed by atoms with Crippen LogP contribution < -0.4 is 10.2 Å². The van der Waals surface area contributed by atoms with E-state index >= 15 is 0 Å². The first-order valence-corrected chi connectivity index (χ1v) is 11.6. The van der Waals surface area contributed by atoms with Crippen LogP contribution in [0.25, 0.3) is 11.0 Å². The van der Waals surface area contributed by atoms with Crippen LogP contribution in [0.3, 0.4) is 0 Å². The first kappa shape index (κ1) is 21.8. The molecular formula is C25H30FN5O2. The van der Waals surface area contributed by atoms with Crippen molar-refractivity contribution in [1.29, 1.82) is 0 Å². The summed E-state index contributed by atoms with van der Waals surface area (Å²) in [6.07, 6.45) is 2.16. The van der Waals surface area contributed by atoms with Gasteiger partial charge in [0, 0.05) is 30.4 Å². The molecule has 2 aliphatic rings. The van der Waals surface area contributed by atoms with E-state index in [0.717, 1.165) is 35.3 Å². The molecule has 1 saturated heterocycles. The molecule has 0 unspecified atom stereocenters. The number of morpholine rings is 1. The van der Waals surface area contributed by atoms with Crippen molar-refractivity contribution in [3.63, 3.8) is 0 Å². The highest BCUT2D eigenvalue weighted by molar-refractivity contribution is 6.12. The summed E-state index contributed by atoms with van der Waals surface area (Å²) < 4.78 is 22.1. The summed E-state index contributed by atoms with van der Waals surface area (Å²) in [6.45, 7) is 10.6. The van der Waals surface area contributed by atoms with Crippen LogP contribution in [0.2, 0.25) is 0 Å². The zero-order valence-electron chi connectivity index (χ0n) is 19.6. The van der Waals surface area contributed by atoms with E-state index in [-0.39, 0.29) is 17.3 Å². The highest BCUT2D eigenvalue weighted by Gasteiger charge is 2.30. The maximum absolute atomic E-state index is 14.9. The number of hydrogen-bond acceptors (Lipinski definition) is 5. The maximum Gasteiger partial charge on any atom is 0.256 e. The Labute approximate surface area is 192 Å². The van der Waals surface area contributed by atoms with Gasteiger partial charge in [-0.1, -0.05) is 0 Å². The van der Waals surface area contributed by atoms with E-state index in [1.54, 1.807) is 12.1 Å². The lowest BCUT2D eigenvalue weighted by Crippen LogP contribution is -2.36. The largest absolute Gasteiger partial charge is 0.378 e. The van der Waals surface area contributed by atoms with Crippen LogP contribution in [-0.2, 0) is 10.3 Å². The number of pyridine rings is 1. The molecule has 1 aromatic carbocycles. The number of aromatic nitrogens is 3. The normalized spacial score (nSPS) is 16.9. The van der Waals surface area contributed by atoms with E-state index in [1.165, 1.54) is 6.07 Å². The van der Waals surface area contributed by atoms with Crippen molar-refractivity contribution in [2.24, 2.45) is 0 Å². The van der Waals surface area contributed by atoms with Crippen LogP contribution in [0.1, 0.15) is 61.3 Å². The quantitative estimate of drug-likeness (QED) is 0.628. The Morgan fingerprint density at radius 2 is 1.91 bits per heavy atom. The summed E-state index contributed by atoms with van der Waals surface area (Å²) in [5.74, 6) is -0.251. The van der Waals surface area contributed by atoms with Crippen LogP contribution >= 0.6 is 0 Å². The van der Waals surface area contributed by atoms with Crippen LogP contribution in [-0.4, -0.2) is 47.0 Å². The molecule has 174 valence electrons. The van der Waals surface area contributed by atoms with Crippen LogP contribution in [0.5, 0.6) is 0 Å². The average Bonchev–Trinajstić information content (AvgIpc) is 3.56. The molecule has 0 bridgehead atoms. The van der Waals surface area contributed by atoms with Crippen molar-refractivity contribution in [3.05, 3.63) is 47.0 Å². The lowest BCUT2D eigenvalue weighted by Gasteiger charge is -2.29. The number of halogens is 1. The number of rotatable bonds is 4. The van der Waals surface area contributed by atoms with Gasteiger partial charge < -0.3 is 15.0 Å². The molecule has 5 rings (SSSR count). The van der Waals surface area contributed by atoms with E-state index in [0.29, 0.717) is 49.2 Å². The number of nitrogens with one attached hydrogen (secondary N) is 1. The standard InChI is InChI=1S/C25H30FN5O2/c1-15-22-18(14-20(16-5-6-16)28-23(22)31(29-15)25(2,3)4)24(32)27-17-7-8-21(19(26)13-17)30-9-11-33-12-10-30/h7-8,13-14,16H,5-6,9-12H2,1-4H3,(H,27,32). The second-order valence-corrected chi connectivity index (χ2v) is 9.96. The van der Waals surface area contributed by atoms with Gasteiger partial charge in [0.05, 0.1) is 41.1 Å².